The molecule has 2 aromatic heterocycles. The van der Waals surface area contributed by atoms with Crippen LogP contribution in [0.2, 0.25) is 0 Å². The average molecular weight is 452 g/mol. The van der Waals surface area contributed by atoms with E-state index in [1.165, 1.54) is 6.07 Å². The van der Waals surface area contributed by atoms with Crippen LogP contribution >= 0.6 is 0 Å². The average Bonchev–Trinajstić information content (AvgIpc) is 3.21. The number of aryl methyl sites for hydroxylation is 1. The third kappa shape index (κ3) is 4.39. The number of benzene rings is 1. The fourth-order valence-corrected chi connectivity index (χ4v) is 5.09. The van der Waals surface area contributed by atoms with E-state index in [-0.39, 0.29) is 18.8 Å². The highest BCUT2D eigenvalue weighted by Crippen LogP contribution is 2.31. The molecule has 0 amide bonds. The standard InChI is InChI=1S/C26H32FN5O.H2/c1-4-11-31-16-20-17-33-21-8-9-24(27)22(14-21)23-15-28-32-13-10-19(29-25(23)32)7-5-6-12-30(20)18-26(31,2)3;/h4,8-10,13-15,20H,1,5-7,11-12,16-18H2,2-3H3;1H/t20-;/m0./s1. The summed E-state index contributed by atoms with van der Waals surface area (Å²) in [6, 6.07) is 7.23. The van der Waals surface area contributed by atoms with Crippen LogP contribution in [0.15, 0.2) is 49.3 Å². The first-order chi connectivity index (χ1) is 15.9. The molecule has 1 aromatic carbocycles. The smallest absolute Gasteiger partial charge is 0.163 e. The van der Waals surface area contributed by atoms with Crippen molar-refractivity contribution in [2.75, 3.05) is 32.8 Å². The van der Waals surface area contributed by atoms with Crippen LogP contribution in [0.25, 0.3) is 16.8 Å². The Morgan fingerprint density at radius 2 is 2.15 bits per heavy atom. The Hall–Kier alpha value is -2.77. The Labute approximate surface area is 196 Å². The van der Waals surface area contributed by atoms with Gasteiger partial charge < -0.3 is 4.74 Å². The van der Waals surface area contributed by atoms with Crippen LogP contribution in [-0.4, -0.2) is 68.8 Å². The van der Waals surface area contributed by atoms with Crippen LogP contribution in [0.3, 0.4) is 0 Å². The zero-order valence-corrected chi connectivity index (χ0v) is 19.5. The Kier molecular flexibility index (Phi) is 5.93. The second kappa shape index (κ2) is 8.88. The molecular formula is C26H34FN5O. The van der Waals surface area contributed by atoms with E-state index < -0.39 is 0 Å². The first-order valence-corrected chi connectivity index (χ1v) is 11.8. The molecule has 4 bridgehead atoms. The molecule has 0 saturated carbocycles. The van der Waals surface area contributed by atoms with Gasteiger partial charge in [0, 0.05) is 49.6 Å². The lowest BCUT2D eigenvalue weighted by Crippen LogP contribution is -2.64. The largest absolute Gasteiger partial charge is 0.492 e. The number of nitrogens with zero attached hydrogens (tertiary/aromatic N) is 5. The van der Waals surface area contributed by atoms with Crippen molar-refractivity contribution in [3.8, 4) is 16.9 Å². The van der Waals surface area contributed by atoms with E-state index in [0.717, 1.165) is 51.1 Å². The van der Waals surface area contributed by atoms with Crippen LogP contribution in [0.1, 0.15) is 33.8 Å². The zero-order chi connectivity index (χ0) is 23.0. The van der Waals surface area contributed by atoms with Gasteiger partial charge in [-0.25, -0.2) is 13.9 Å². The van der Waals surface area contributed by atoms with Gasteiger partial charge in [-0.3, -0.25) is 9.80 Å². The SMILES string of the molecule is C=CCN1C[C@H]2COc3ccc(F)c(c3)-c3cnn4ccc(nc34)CCCCN2CC1(C)C.[HH]. The van der Waals surface area contributed by atoms with Crippen LogP contribution in [-0.2, 0) is 6.42 Å². The number of rotatable bonds is 2. The van der Waals surface area contributed by atoms with Gasteiger partial charge in [-0.15, -0.1) is 6.58 Å². The summed E-state index contributed by atoms with van der Waals surface area (Å²) in [7, 11) is 0. The molecule has 0 radical (unpaired) electrons. The molecule has 2 aliphatic heterocycles. The molecular weight excluding hydrogens is 417 g/mol. The maximum atomic E-state index is 14.9. The fraction of sp³-hybridized carbons (Fsp3) is 0.462. The molecule has 5 rings (SSSR count). The molecule has 176 valence electrons. The summed E-state index contributed by atoms with van der Waals surface area (Å²) >= 11 is 0. The van der Waals surface area contributed by atoms with E-state index in [0.29, 0.717) is 29.1 Å². The first kappa shape index (κ1) is 22.0. The molecule has 2 aliphatic rings. The molecule has 0 unspecified atom stereocenters. The van der Waals surface area contributed by atoms with Crippen molar-refractivity contribution in [3.05, 3.63) is 60.8 Å². The van der Waals surface area contributed by atoms with E-state index in [1.807, 2.05) is 18.3 Å². The van der Waals surface area contributed by atoms with E-state index in [9.17, 15) is 4.39 Å². The quantitative estimate of drug-likeness (QED) is 0.539. The van der Waals surface area contributed by atoms with Crippen molar-refractivity contribution < 1.29 is 10.6 Å². The molecule has 1 saturated heterocycles. The van der Waals surface area contributed by atoms with Crippen molar-refractivity contribution >= 4 is 5.65 Å². The summed E-state index contributed by atoms with van der Waals surface area (Å²) < 4.78 is 22.8. The fourth-order valence-electron chi connectivity index (χ4n) is 5.09. The van der Waals surface area contributed by atoms with Gasteiger partial charge in [0.1, 0.15) is 18.2 Å². The van der Waals surface area contributed by atoms with Gasteiger partial charge in [0.2, 0.25) is 0 Å². The summed E-state index contributed by atoms with van der Waals surface area (Å²) in [5.41, 5.74) is 2.92. The van der Waals surface area contributed by atoms with E-state index >= 15 is 0 Å². The molecule has 4 heterocycles. The number of hydrogen-bond acceptors (Lipinski definition) is 5. The summed E-state index contributed by atoms with van der Waals surface area (Å²) in [4.78, 5) is 9.86. The second-order valence-electron chi connectivity index (χ2n) is 9.79. The lowest BCUT2D eigenvalue weighted by Gasteiger charge is -2.51. The molecule has 1 atom stereocenters. The minimum atomic E-state index is -0.299. The van der Waals surface area contributed by atoms with Crippen molar-refractivity contribution in [1.82, 2.24) is 24.4 Å². The van der Waals surface area contributed by atoms with Gasteiger partial charge in [-0.1, -0.05) is 6.08 Å². The monoisotopic (exact) mass is 451 g/mol. The molecule has 0 spiro atoms. The summed E-state index contributed by atoms with van der Waals surface area (Å²) in [6.45, 7) is 12.9. The topological polar surface area (TPSA) is 45.9 Å². The van der Waals surface area contributed by atoms with Crippen LogP contribution in [0.4, 0.5) is 4.39 Å². The number of aromatic nitrogens is 3. The molecule has 0 N–H and O–H groups in total. The highest BCUT2D eigenvalue weighted by Gasteiger charge is 2.38. The summed E-state index contributed by atoms with van der Waals surface area (Å²) in [5.74, 6) is 0.365. The third-order valence-electron chi connectivity index (χ3n) is 6.97. The van der Waals surface area contributed by atoms with Crippen LogP contribution in [0.5, 0.6) is 5.75 Å². The Bertz CT molecular complexity index is 1160. The van der Waals surface area contributed by atoms with Gasteiger partial charge in [-0.2, -0.15) is 5.10 Å². The lowest BCUT2D eigenvalue weighted by molar-refractivity contribution is -0.0255. The van der Waals surface area contributed by atoms with Crippen LogP contribution < -0.4 is 4.74 Å². The van der Waals surface area contributed by atoms with Crippen LogP contribution in [0, 0.1) is 5.82 Å². The van der Waals surface area contributed by atoms with Gasteiger partial charge in [0.05, 0.1) is 12.2 Å². The van der Waals surface area contributed by atoms with E-state index in [4.69, 9.17) is 9.72 Å². The predicted octanol–water partition coefficient (Wildman–Crippen LogP) is 4.45. The Morgan fingerprint density at radius 3 is 3.00 bits per heavy atom. The highest BCUT2D eigenvalue weighted by molar-refractivity contribution is 5.78. The molecule has 7 heteroatoms. The zero-order valence-electron chi connectivity index (χ0n) is 19.5. The molecule has 6 nitrogen and oxygen atoms in total. The number of fused-ring (bicyclic) bond motifs is 5. The van der Waals surface area contributed by atoms with Crippen molar-refractivity contribution in [2.45, 2.75) is 44.7 Å². The maximum absolute atomic E-state index is 14.9. The summed E-state index contributed by atoms with van der Waals surface area (Å²) in [6.07, 6.45) is 8.61. The van der Waals surface area contributed by atoms with Gasteiger partial charge in [0.25, 0.3) is 0 Å². The number of ether oxygens (including phenoxy) is 1. The number of hydrogen-bond donors (Lipinski definition) is 0. The van der Waals surface area contributed by atoms with Gasteiger partial charge in [0.15, 0.2) is 5.65 Å². The summed E-state index contributed by atoms with van der Waals surface area (Å²) in [5, 5.41) is 4.38. The highest BCUT2D eigenvalue weighted by atomic mass is 19.1. The van der Waals surface area contributed by atoms with E-state index in [2.05, 4.69) is 35.3 Å². The maximum Gasteiger partial charge on any atom is 0.163 e. The minimum absolute atomic E-state index is 0. The molecule has 33 heavy (non-hydrogen) atoms. The van der Waals surface area contributed by atoms with E-state index in [1.54, 1.807) is 22.8 Å². The Balaban J connectivity index is 0.00000274. The molecule has 1 fully saturated rings. The predicted molar refractivity (Wildman–Crippen MR) is 130 cm³/mol. The second-order valence-corrected chi connectivity index (χ2v) is 9.79. The lowest BCUT2D eigenvalue weighted by atomic mass is 9.95. The van der Waals surface area contributed by atoms with Crippen molar-refractivity contribution in [3.63, 3.8) is 0 Å². The number of halogens is 1. The van der Waals surface area contributed by atoms with Crippen molar-refractivity contribution in [2.24, 2.45) is 0 Å². The van der Waals surface area contributed by atoms with Crippen molar-refractivity contribution in [1.29, 1.82) is 0 Å². The Morgan fingerprint density at radius 1 is 1.27 bits per heavy atom. The number of piperazine rings is 1. The molecule has 3 aromatic rings. The minimum Gasteiger partial charge on any atom is -0.492 e. The normalized spacial score (nSPS) is 21.7. The van der Waals surface area contributed by atoms with Gasteiger partial charge in [-0.05, 0) is 63.9 Å². The molecule has 0 aliphatic carbocycles. The first-order valence-electron chi connectivity index (χ1n) is 11.8. The van der Waals surface area contributed by atoms with Gasteiger partial charge >= 0.3 is 0 Å². The third-order valence-corrected chi connectivity index (χ3v) is 6.97.